The van der Waals surface area contributed by atoms with Crippen LogP contribution in [0, 0.1) is 0 Å². The fraction of sp³-hybridized carbons (Fsp3) is 0.261. The lowest BCUT2D eigenvalue weighted by Crippen LogP contribution is -2.48. The number of methoxy groups -OCH3 is 1. The summed E-state index contributed by atoms with van der Waals surface area (Å²) in [5.74, 6) is -0.0710. The molecule has 2 aromatic carbocycles. The lowest BCUT2D eigenvalue weighted by Gasteiger charge is -2.34. The molecule has 10 nitrogen and oxygen atoms in total. The summed E-state index contributed by atoms with van der Waals surface area (Å²) in [6.07, 6.45) is 0. The summed E-state index contributed by atoms with van der Waals surface area (Å²) in [6, 6.07) is 12.2. The topological polar surface area (TPSA) is 124 Å². The highest BCUT2D eigenvalue weighted by Gasteiger charge is 2.25. The quantitative estimate of drug-likeness (QED) is 0.456. The maximum Gasteiger partial charge on any atom is 0.337 e. The van der Waals surface area contributed by atoms with Crippen LogP contribution in [0.2, 0.25) is 0 Å². The van der Waals surface area contributed by atoms with Crippen LogP contribution in [0.5, 0.6) is 0 Å². The first kappa shape index (κ1) is 20.8. The van der Waals surface area contributed by atoms with Gasteiger partial charge in [-0.2, -0.15) is 5.10 Å². The Kier molecular flexibility index (Phi) is 5.35. The molecule has 0 saturated carbocycles. The average Bonchev–Trinajstić information content (AvgIpc) is 3.27. The number of nitrogens with zero attached hydrogens (tertiary/aromatic N) is 4. The zero-order chi connectivity index (χ0) is 22.9. The van der Waals surface area contributed by atoms with Crippen molar-refractivity contribution in [3.05, 3.63) is 69.9 Å². The molecule has 0 radical (unpaired) electrons. The van der Waals surface area contributed by atoms with Crippen molar-refractivity contribution >= 4 is 33.7 Å². The zero-order valence-corrected chi connectivity index (χ0v) is 18.0. The smallest absolute Gasteiger partial charge is 0.337 e. The Morgan fingerprint density at radius 3 is 2.64 bits per heavy atom. The van der Waals surface area contributed by atoms with Gasteiger partial charge in [-0.05, 0) is 24.3 Å². The predicted molar refractivity (Wildman–Crippen MR) is 121 cm³/mol. The average molecular weight is 446 g/mol. The number of nitrogens with one attached hydrogen (secondary N) is 2. The van der Waals surface area contributed by atoms with Gasteiger partial charge in [0.25, 0.3) is 11.5 Å². The van der Waals surface area contributed by atoms with E-state index in [1.807, 2.05) is 24.3 Å². The van der Waals surface area contributed by atoms with Crippen molar-refractivity contribution < 1.29 is 14.3 Å². The monoisotopic (exact) mass is 446 g/mol. The zero-order valence-electron chi connectivity index (χ0n) is 18.0. The fourth-order valence-corrected chi connectivity index (χ4v) is 4.10. The van der Waals surface area contributed by atoms with E-state index in [1.54, 1.807) is 23.1 Å². The van der Waals surface area contributed by atoms with Gasteiger partial charge in [-0.3, -0.25) is 19.6 Å². The highest BCUT2D eigenvalue weighted by molar-refractivity contribution is 6.04. The van der Waals surface area contributed by atoms with Crippen molar-refractivity contribution in [3.8, 4) is 0 Å². The molecule has 0 aliphatic carbocycles. The number of esters is 1. The number of piperazine rings is 1. The number of ether oxygens (including phenoxy) is 1. The molecular formula is C23H22N6O4. The molecule has 5 rings (SSSR count). The second kappa shape index (κ2) is 8.47. The third-order valence-electron chi connectivity index (χ3n) is 5.88. The van der Waals surface area contributed by atoms with Crippen LogP contribution < -0.4 is 5.56 Å². The predicted octanol–water partition coefficient (Wildman–Crippen LogP) is 1.54. The normalized spacial score (nSPS) is 14.6. The van der Waals surface area contributed by atoms with Gasteiger partial charge in [0.05, 0.1) is 35.6 Å². The lowest BCUT2D eigenvalue weighted by molar-refractivity contribution is 0.0598. The van der Waals surface area contributed by atoms with E-state index < -0.39 is 5.97 Å². The minimum absolute atomic E-state index is 0.0975. The first-order chi connectivity index (χ1) is 16.0. The Balaban J connectivity index is 1.28. The number of aromatic nitrogens is 4. The van der Waals surface area contributed by atoms with Crippen LogP contribution in [0.4, 0.5) is 0 Å². The van der Waals surface area contributed by atoms with Gasteiger partial charge in [-0.15, -0.1) is 0 Å². The van der Waals surface area contributed by atoms with Crippen LogP contribution in [0.1, 0.15) is 26.7 Å². The molecule has 33 heavy (non-hydrogen) atoms. The lowest BCUT2D eigenvalue weighted by atomic mass is 10.1. The number of fused-ring (bicyclic) bond motifs is 2. The van der Waals surface area contributed by atoms with Crippen LogP contribution in [0.3, 0.4) is 0 Å². The fourth-order valence-electron chi connectivity index (χ4n) is 4.10. The van der Waals surface area contributed by atoms with Crippen molar-refractivity contribution in [2.24, 2.45) is 0 Å². The van der Waals surface area contributed by atoms with E-state index in [1.165, 1.54) is 7.11 Å². The third kappa shape index (κ3) is 3.96. The number of hydrogen-bond acceptors (Lipinski definition) is 7. The summed E-state index contributed by atoms with van der Waals surface area (Å²) < 4.78 is 4.75. The Morgan fingerprint density at radius 2 is 1.85 bits per heavy atom. The summed E-state index contributed by atoms with van der Waals surface area (Å²) in [7, 11) is 1.31. The van der Waals surface area contributed by atoms with E-state index in [9.17, 15) is 14.4 Å². The molecule has 1 aliphatic rings. The van der Waals surface area contributed by atoms with Crippen LogP contribution in [0.25, 0.3) is 21.8 Å². The Bertz CT molecular complexity index is 1420. The molecule has 0 atom stereocenters. The third-order valence-corrected chi connectivity index (χ3v) is 5.88. The Hall–Kier alpha value is -4.05. The van der Waals surface area contributed by atoms with Crippen molar-refractivity contribution in [2.75, 3.05) is 33.3 Å². The maximum atomic E-state index is 13.0. The van der Waals surface area contributed by atoms with E-state index in [2.05, 4.69) is 25.1 Å². The summed E-state index contributed by atoms with van der Waals surface area (Å²) in [5.41, 5.74) is 1.79. The molecule has 4 aromatic rings. The number of amides is 1. The first-order valence-corrected chi connectivity index (χ1v) is 10.6. The van der Waals surface area contributed by atoms with Crippen LogP contribution in [0.15, 0.2) is 47.3 Å². The molecule has 0 unspecified atom stereocenters. The molecule has 1 aliphatic heterocycles. The molecular weight excluding hydrogens is 424 g/mol. The van der Waals surface area contributed by atoms with Gasteiger partial charge in [-0.25, -0.2) is 9.78 Å². The second-order valence-corrected chi connectivity index (χ2v) is 7.92. The minimum Gasteiger partial charge on any atom is -0.465 e. The van der Waals surface area contributed by atoms with Gasteiger partial charge in [0.1, 0.15) is 5.82 Å². The SMILES string of the molecule is COC(=O)c1ccc2c(=O)[nH]c(CN3CCN(C(=O)c4n[nH]c5ccccc45)CC3)nc2c1. The van der Waals surface area contributed by atoms with Gasteiger partial charge in [-0.1, -0.05) is 18.2 Å². The number of benzene rings is 2. The van der Waals surface area contributed by atoms with Crippen molar-refractivity contribution in [2.45, 2.75) is 6.54 Å². The number of rotatable bonds is 4. The molecule has 1 amide bonds. The molecule has 2 N–H and O–H groups in total. The molecule has 0 bridgehead atoms. The molecule has 1 saturated heterocycles. The van der Waals surface area contributed by atoms with Crippen molar-refractivity contribution in [1.29, 1.82) is 0 Å². The van der Waals surface area contributed by atoms with Crippen LogP contribution >= 0.6 is 0 Å². The summed E-state index contributed by atoms with van der Waals surface area (Å²) in [5, 5.41) is 8.34. The molecule has 3 heterocycles. The van der Waals surface area contributed by atoms with Gasteiger partial charge >= 0.3 is 5.97 Å². The molecule has 10 heteroatoms. The van der Waals surface area contributed by atoms with Gasteiger partial charge in [0.2, 0.25) is 0 Å². The van der Waals surface area contributed by atoms with Gasteiger partial charge in [0.15, 0.2) is 5.69 Å². The first-order valence-electron chi connectivity index (χ1n) is 10.6. The maximum absolute atomic E-state index is 13.0. The number of para-hydroxylation sites is 1. The van der Waals surface area contributed by atoms with E-state index in [0.717, 1.165) is 10.9 Å². The highest BCUT2D eigenvalue weighted by Crippen LogP contribution is 2.18. The van der Waals surface area contributed by atoms with Crippen molar-refractivity contribution in [3.63, 3.8) is 0 Å². The Labute approximate surface area is 188 Å². The molecule has 2 aromatic heterocycles. The van der Waals surface area contributed by atoms with Gasteiger partial charge in [0, 0.05) is 31.6 Å². The number of hydrogen-bond donors (Lipinski definition) is 2. The largest absolute Gasteiger partial charge is 0.465 e. The van der Waals surface area contributed by atoms with Gasteiger partial charge < -0.3 is 14.6 Å². The number of aromatic amines is 2. The number of carbonyl (C=O) groups is 2. The van der Waals surface area contributed by atoms with Crippen LogP contribution in [-0.4, -0.2) is 75.1 Å². The standard InChI is InChI=1S/C23H22N6O4/c1-33-23(32)14-6-7-16-18(12-14)24-19(25-21(16)30)13-28-8-10-29(11-9-28)22(31)20-15-4-2-3-5-17(15)26-27-20/h2-7,12H,8-11,13H2,1H3,(H,26,27)(H,24,25,30). The molecule has 1 fully saturated rings. The molecule has 0 spiro atoms. The van der Waals surface area contributed by atoms with Crippen molar-refractivity contribution in [1.82, 2.24) is 30.0 Å². The highest BCUT2D eigenvalue weighted by atomic mass is 16.5. The van der Waals surface area contributed by atoms with Crippen LogP contribution in [-0.2, 0) is 11.3 Å². The van der Waals surface area contributed by atoms with E-state index in [4.69, 9.17) is 4.74 Å². The van der Waals surface area contributed by atoms with E-state index >= 15 is 0 Å². The summed E-state index contributed by atoms with van der Waals surface area (Å²) in [6.45, 7) is 2.80. The molecule has 168 valence electrons. The number of H-pyrrole nitrogens is 2. The minimum atomic E-state index is -0.481. The van der Waals surface area contributed by atoms with E-state index in [0.29, 0.717) is 60.7 Å². The second-order valence-electron chi connectivity index (χ2n) is 7.92. The summed E-state index contributed by atoms with van der Waals surface area (Å²) >= 11 is 0. The number of carbonyl (C=O) groups excluding carboxylic acids is 2. The Morgan fingerprint density at radius 1 is 1.06 bits per heavy atom. The van der Waals surface area contributed by atoms with E-state index in [-0.39, 0.29) is 11.5 Å². The summed E-state index contributed by atoms with van der Waals surface area (Å²) in [4.78, 5) is 48.5.